The van der Waals surface area contributed by atoms with Gasteiger partial charge in [-0.15, -0.1) is 0 Å². The number of carboxylic acids is 1. The minimum Gasteiger partial charge on any atom is -0.480 e. The van der Waals surface area contributed by atoms with E-state index in [-0.39, 0.29) is 18.4 Å². The summed E-state index contributed by atoms with van der Waals surface area (Å²) < 4.78 is 13.4. The minimum absolute atomic E-state index is 0.146. The number of carbonyl (C=O) groups is 1. The molecule has 0 heterocycles. The van der Waals surface area contributed by atoms with E-state index in [1.165, 1.54) is 12.1 Å². The van der Waals surface area contributed by atoms with Gasteiger partial charge in [0.15, 0.2) is 0 Å². The normalized spacial score (nSPS) is 12.4. The lowest BCUT2D eigenvalue weighted by Crippen LogP contribution is -2.33. The molecule has 0 aliphatic rings. The van der Waals surface area contributed by atoms with Crippen LogP contribution in [0.1, 0.15) is 12.5 Å². The van der Waals surface area contributed by atoms with Crippen LogP contribution in [0.5, 0.6) is 0 Å². The Morgan fingerprint density at radius 3 is 2.88 bits per heavy atom. The number of nitrogens with one attached hydrogen (secondary N) is 1. The predicted molar refractivity (Wildman–Crippen MR) is 60.2 cm³/mol. The summed E-state index contributed by atoms with van der Waals surface area (Å²) in [5, 5.41) is 11.6. The number of carboxylic acid groups (broad SMARTS) is 1. The molecule has 88 valence electrons. The molecule has 3 nitrogen and oxygen atoms in total. The molecule has 0 spiro atoms. The van der Waals surface area contributed by atoms with Crippen molar-refractivity contribution in [1.82, 2.24) is 5.32 Å². The van der Waals surface area contributed by atoms with Gasteiger partial charge in [0.2, 0.25) is 0 Å². The molecule has 0 saturated carbocycles. The first-order chi connectivity index (χ1) is 7.50. The van der Waals surface area contributed by atoms with E-state index >= 15 is 0 Å². The zero-order chi connectivity index (χ0) is 12.1. The summed E-state index contributed by atoms with van der Waals surface area (Å²) in [6, 6.07) is 4.34. The van der Waals surface area contributed by atoms with Crippen LogP contribution in [0.4, 0.5) is 4.39 Å². The molecule has 1 aromatic carbocycles. The molecule has 0 saturated heterocycles. The minimum atomic E-state index is -0.938. The number of hydrogen-bond donors (Lipinski definition) is 2. The Balaban J connectivity index is 2.62. The number of halogens is 2. The maximum absolute atomic E-state index is 13.4. The van der Waals surface area contributed by atoms with Crippen LogP contribution in [0.2, 0.25) is 5.02 Å². The highest BCUT2D eigenvalue weighted by Gasteiger charge is 2.11. The first-order valence-electron chi connectivity index (χ1n) is 4.88. The summed E-state index contributed by atoms with van der Waals surface area (Å²) in [6.07, 6.45) is 0.360. The van der Waals surface area contributed by atoms with Gasteiger partial charge < -0.3 is 10.4 Å². The second-order valence-corrected chi connectivity index (χ2v) is 3.99. The van der Waals surface area contributed by atoms with Gasteiger partial charge >= 0.3 is 5.97 Å². The second-order valence-electron chi connectivity index (χ2n) is 3.58. The summed E-state index contributed by atoms with van der Waals surface area (Å²) in [7, 11) is 0. The van der Waals surface area contributed by atoms with Crippen molar-refractivity contribution in [3.05, 3.63) is 34.6 Å². The summed E-state index contributed by atoms with van der Waals surface area (Å²) in [6.45, 7) is 1.64. The third kappa shape index (κ3) is 3.79. The molecular formula is C11H13ClFNO2. The average molecular weight is 246 g/mol. The lowest BCUT2D eigenvalue weighted by atomic mass is 10.1. The standard InChI is InChI=1S/C11H13ClFNO2/c1-7(14-6-11(15)16)5-8-9(12)3-2-4-10(8)13/h2-4,7,14H,5-6H2,1H3,(H,15,16). The van der Waals surface area contributed by atoms with Crippen molar-refractivity contribution < 1.29 is 14.3 Å². The molecule has 0 aliphatic carbocycles. The van der Waals surface area contributed by atoms with Gasteiger partial charge in [-0.2, -0.15) is 0 Å². The monoisotopic (exact) mass is 245 g/mol. The van der Waals surface area contributed by atoms with E-state index in [1.54, 1.807) is 13.0 Å². The van der Waals surface area contributed by atoms with Gasteiger partial charge in [0, 0.05) is 16.6 Å². The maximum Gasteiger partial charge on any atom is 0.317 e. The molecule has 0 aliphatic heterocycles. The van der Waals surface area contributed by atoms with Crippen molar-refractivity contribution in [2.24, 2.45) is 0 Å². The van der Waals surface area contributed by atoms with Crippen LogP contribution in [0.3, 0.4) is 0 Å². The lowest BCUT2D eigenvalue weighted by molar-refractivity contribution is -0.136. The average Bonchev–Trinajstić information content (AvgIpc) is 2.21. The lowest BCUT2D eigenvalue weighted by Gasteiger charge is -2.13. The van der Waals surface area contributed by atoms with Gasteiger partial charge in [-0.05, 0) is 25.5 Å². The largest absolute Gasteiger partial charge is 0.480 e. The third-order valence-electron chi connectivity index (χ3n) is 2.17. The number of benzene rings is 1. The van der Waals surface area contributed by atoms with Gasteiger partial charge in [-0.25, -0.2) is 4.39 Å². The fraction of sp³-hybridized carbons (Fsp3) is 0.364. The van der Waals surface area contributed by atoms with Crippen LogP contribution in [0.15, 0.2) is 18.2 Å². The Morgan fingerprint density at radius 1 is 1.62 bits per heavy atom. The highest BCUT2D eigenvalue weighted by Crippen LogP contribution is 2.20. The molecule has 0 radical (unpaired) electrons. The van der Waals surface area contributed by atoms with Crippen molar-refractivity contribution >= 4 is 17.6 Å². The molecule has 0 amide bonds. The molecule has 1 unspecified atom stereocenters. The molecule has 5 heteroatoms. The quantitative estimate of drug-likeness (QED) is 0.835. The SMILES string of the molecule is CC(Cc1c(F)cccc1Cl)NCC(=O)O. The third-order valence-corrected chi connectivity index (χ3v) is 2.53. The highest BCUT2D eigenvalue weighted by atomic mass is 35.5. The van der Waals surface area contributed by atoms with Crippen molar-refractivity contribution in [1.29, 1.82) is 0 Å². The first kappa shape index (κ1) is 12.9. The Kier molecular flexibility index (Phi) is 4.71. The zero-order valence-corrected chi connectivity index (χ0v) is 9.59. The van der Waals surface area contributed by atoms with Crippen LogP contribution in [-0.2, 0) is 11.2 Å². The maximum atomic E-state index is 13.4. The van der Waals surface area contributed by atoms with E-state index in [2.05, 4.69) is 5.32 Å². The number of hydrogen-bond acceptors (Lipinski definition) is 2. The predicted octanol–water partition coefficient (Wildman–Crippen LogP) is 2.08. The summed E-state index contributed by atoms with van der Waals surface area (Å²) in [4.78, 5) is 10.3. The highest BCUT2D eigenvalue weighted by molar-refractivity contribution is 6.31. The number of rotatable bonds is 5. The van der Waals surface area contributed by atoms with Crippen LogP contribution in [-0.4, -0.2) is 23.7 Å². The van der Waals surface area contributed by atoms with Crippen molar-refractivity contribution in [3.8, 4) is 0 Å². The fourth-order valence-corrected chi connectivity index (χ4v) is 1.61. The Hall–Kier alpha value is -1.13. The van der Waals surface area contributed by atoms with Crippen molar-refractivity contribution in [3.63, 3.8) is 0 Å². The van der Waals surface area contributed by atoms with E-state index < -0.39 is 5.97 Å². The van der Waals surface area contributed by atoms with Crippen LogP contribution >= 0.6 is 11.6 Å². The molecule has 0 aromatic heterocycles. The van der Waals surface area contributed by atoms with Gasteiger partial charge in [-0.3, -0.25) is 4.79 Å². The molecule has 0 bridgehead atoms. The fourth-order valence-electron chi connectivity index (χ4n) is 1.37. The van der Waals surface area contributed by atoms with E-state index in [1.807, 2.05) is 0 Å². The van der Waals surface area contributed by atoms with Crippen molar-refractivity contribution in [2.45, 2.75) is 19.4 Å². The van der Waals surface area contributed by atoms with Crippen LogP contribution < -0.4 is 5.32 Å². The summed E-state index contributed by atoms with van der Waals surface area (Å²) in [5.41, 5.74) is 0.412. The van der Waals surface area contributed by atoms with Crippen LogP contribution in [0, 0.1) is 5.82 Å². The summed E-state index contributed by atoms with van der Waals surface area (Å²) in [5.74, 6) is -1.30. The zero-order valence-electron chi connectivity index (χ0n) is 8.84. The molecule has 16 heavy (non-hydrogen) atoms. The molecular weight excluding hydrogens is 233 g/mol. The van der Waals surface area contributed by atoms with E-state index in [0.717, 1.165) is 0 Å². The van der Waals surface area contributed by atoms with Gasteiger partial charge in [0.25, 0.3) is 0 Å². The van der Waals surface area contributed by atoms with E-state index in [4.69, 9.17) is 16.7 Å². The van der Waals surface area contributed by atoms with E-state index in [0.29, 0.717) is 17.0 Å². The Labute approximate surface area is 98.2 Å². The van der Waals surface area contributed by atoms with E-state index in [9.17, 15) is 9.18 Å². The number of aliphatic carboxylic acids is 1. The van der Waals surface area contributed by atoms with Gasteiger partial charge in [-0.1, -0.05) is 17.7 Å². The van der Waals surface area contributed by atoms with Crippen molar-refractivity contribution in [2.75, 3.05) is 6.54 Å². The van der Waals surface area contributed by atoms with Gasteiger partial charge in [0.05, 0.1) is 6.54 Å². The molecule has 0 fully saturated rings. The first-order valence-corrected chi connectivity index (χ1v) is 5.26. The summed E-state index contributed by atoms with van der Waals surface area (Å²) >= 11 is 5.85. The smallest absolute Gasteiger partial charge is 0.317 e. The Morgan fingerprint density at radius 2 is 2.31 bits per heavy atom. The topological polar surface area (TPSA) is 49.3 Å². The molecule has 2 N–H and O–H groups in total. The second kappa shape index (κ2) is 5.82. The van der Waals surface area contributed by atoms with Crippen LogP contribution in [0.25, 0.3) is 0 Å². The molecule has 1 rings (SSSR count). The Bertz CT molecular complexity index is 364. The van der Waals surface area contributed by atoms with Gasteiger partial charge in [0.1, 0.15) is 5.82 Å². The molecule has 1 atom stereocenters. The molecule has 1 aromatic rings.